The van der Waals surface area contributed by atoms with Crippen LogP contribution in [0, 0.1) is 5.82 Å². The van der Waals surface area contributed by atoms with E-state index >= 15 is 0 Å². The Morgan fingerprint density at radius 3 is 2.59 bits per heavy atom. The molecule has 6 heteroatoms. The SMILES string of the molecule is O=C(/C=C/c1ccc(Oc2cccnc2)c(F)c1)OCCc1cccnc1. The monoisotopic (exact) mass is 364 g/mol. The van der Waals surface area contributed by atoms with Gasteiger partial charge in [0, 0.05) is 31.1 Å². The third-order valence-electron chi connectivity index (χ3n) is 3.59. The summed E-state index contributed by atoms with van der Waals surface area (Å²) in [7, 11) is 0. The smallest absolute Gasteiger partial charge is 0.330 e. The standard InChI is InChI=1S/C21H17FN2O3/c22-19-13-16(5-7-20(19)27-18-4-2-11-24-15-18)6-8-21(25)26-12-9-17-3-1-10-23-14-17/h1-8,10-11,13-15H,9,12H2/b8-6+. The van der Waals surface area contributed by atoms with E-state index in [1.807, 2.05) is 12.1 Å². The number of carbonyl (C=O) groups is 1. The molecule has 0 fully saturated rings. The number of aromatic nitrogens is 2. The molecule has 0 amide bonds. The summed E-state index contributed by atoms with van der Waals surface area (Å²) in [5.41, 5.74) is 1.51. The van der Waals surface area contributed by atoms with E-state index in [0.717, 1.165) is 5.56 Å². The molecule has 0 aliphatic heterocycles. The minimum absolute atomic E-state index is 0.0826. The van der Waals surface area contributed by atoms with Crippen molar-refractivity contribution in [1.82, 2.24) is 9.97 Å². The van der Waals surface area contributed by atoms with Gasteiger partial charge in [-0.05, 0) is 47.5 Å². The third-order valence-corrected chi connectivity index (χ3v) is 3.59. The summed E-state index contributed by atoms with van der Waals surface area (Å²) in [5, 5.41) is 0. The van der Waals surface area contributed by atoms with Gasteiger partial charge < -0.3 is 9.47 Å². The van der Waals surface area contributed by atoms with Crippen molar-refractivity contribution in [3.63, 3.8) is 0 Å². The van der Waals surface area contributed by atoms with Crippen LogP contribution in [-0.2, 0) is 16.0 Å². The van der Waals surface area contributed by atoms with E-state index in [1.165, 1.54) is 30.5 Å². The number of carbonyl (C=O) groups excluding carboxylic acids is 1. The summed E-state index contributed by atoms with van der Waals surface area (Å²) in [5.74, 6) is -0.503. The Labute approximate surface area is 156 Å². The van der Waals surface area contributed by atoms with Gasteiger partial charge in [0.1, 0.15) is 5.75 Å². The highest BCUT2D eigenvalue weighted by molar-refractivity contribution is 5.87. The van der Waals surface area contributed by atoms with Crippen LogP contribution in [0.25, 0.3) is 6.08 Å². The molecule has 0 atom stereocenters. The second kappa shape index (κ2) is 9.24. The van der Waals surface area contributed by atoms with Crippen molar-refractivity contribution in [3.8, 4) is 11.5 Å². The fraction of sp³-hybridized carbons (Fsp3) is 0.0952. The average Bonchev–Trinajstić information content (AvgIpc) is 2.70. The van der Waals surface area contributed by atoms with Crippen LogP contribution in [0.5, 0.6) is 11.5 Å². The van der Waals surface area contributed by atoms with Gasteiger partial charge in [-0.15, -0.1) is 0 Å². The number of esters is 1. The minimum Gasteiger partial charge on any atom is -0.462 e. The van der Waals surface area contributed by atoms with Gasteiger partial charge in [-0.25, -0.2) is 9.18 Å². The summed E-state index contributed by atoms with van der Waals surface area (Å²) in [6.07, 6.45) is 9.85. The fourth-order valence-electron chi connectivity index (χ4n) is 2.27. The van der Waals surface area contributed by atoms with Gasteiger partial charge in [-0.2, -0.15) is 0 Å². The van der Waals surface area contributed by atoms with Gasteiger partial charge in [-0.1, -0.05) is 12.1 Å². The van der Waals surface area contributed by atoms with Crippen LogP contribution in [0.3, 0.4) is 0 Å². The van der Waals surface area contributed by atoms with Crippen LogP contribution in [0.1, 0.15) is 11.1 Å². The number of pyridine rings is 2. The summed E-state index contributed by atoms with van der Waals surface area (Å²) in [6, 6.07) is 11.5. The van der Waals surface area contributed by atoms with Crippen LogP contribution >= 0.6 is 0 Å². The first-order valence-corrected chi connectivity index (χ1v) is 8.32. The second-order valence-electron chi connectivity index (χ2n) is 5.59. The summed E-state index contributed by atoms with van der Waals surface area (Å²) in [4.78, 5) is 19.7. The van der Waals surface area contributed by atoms with Crippen LogP contribution in [0.2, 0.25) is 0 Å². The molecule has 0 spiro atoms. The highest BCUT2D eigenvalue weighted by Crippen LogP contribution is 2.24. The lowest BCUT2D eigenvalue weighted by atomic mass is 10.2. The predicted octanol–water partition coefficient (Wildman–Crippen LogP) is 4.21. The molecule has 0 aliphatic rings. The average molecular weight is 364 g/mol. The Kier molecular flexibility index (Phi) is 6.25. The number of benzene rings is 1. The van der Waals surface area contributed by atoms with E-state index in [0.29, 0.717) is 17.7 Å². The van der Waals surface area contributed by atoms with Gasteiger partial charge in [0.05, 0.1) is 12.8 Å². The molecule has 2 heterocycles. The molecule has 3 aromatic rings. The molecule has 0 radical (unpaired) electrons. The molecule has 0 saturated carbocycles. The minimum atomic E-state index is -0.536. The Balaban J connectivity index is 1.52. The van der Waals surface area contributed by atoms with E-state index in [-0.39, 0.29) is 12.4 Å². The highest BCUT2D eigenvalue weighted by atomic mass is 19.1. The van der Waals surface area contributed by atoms with E-state index in [9.17, 15) is 9.18 Å². The molecule has 1 aromatic carbocycles. The van der Waals surface area contributed by atoms with Crippen LogP contribution in [0.4, 0.5) is 4.39 Å². The van der Waals surface area contributed by atoms with Crippen molar-refractivity contribution < 1.29 is 18.7 Å². The molecule has 27 heavy (non-hydrogen) atoms. The first-order valence-electron chi connectivity index (χ1n) is 8.32. The lowest BCUT2D eigenvalue weighted by Gasteiger charge is -2.06. The van der Waals surface area contributed by atoms with Gasteiger partial charge in [0.2, 0.25) is 0 Å². The summed E-state index contributed by atoms with van der Waals surface area (Å²) < 4.78 is 24.7. The zero-order chi connectivity index (χ0) is 18.9. The van der Waals surface area contributed by atoms with E-state index in [4.69, 9.17) is 9.47 Å². The van der Waals surface area contributed by atoms with Gasteiger partial charge in [0.15, 0.2) is 11.6 Å². The lowest BCUT2D eigenvalue weighted by molar-refractivity contribution is -0.137. The molecule has 2 aromatic heterocycles. The molecule has 0 N–H and O–H groups in total. The number of ether oxygens (including phenoxy) is 2. The number of nitrogens with zero attached hydrogens (tertiary/aromatic N) is 2. The lowest BCUT2D eigenvalue weighted by Crippen LogP contribution is -2.04. The van der Waals surface area contributed by atoms with Crippen molar-refractivity contribution >= 4 is 12.0 Å². The number of rotatable bonds is 7. The van der Waals surface area contributed by atoms with Crippen molar-refractivity contribution in [2.45, 2.75) is 6.42 Å². The molecule has 0 bridgehead atoms. The first-order chi connectivity index (χ1) is 13.2. The topological polar surface area (TPSA) is 61.3 Å². The summed E-state index contributed by atoms with van der Waals surface area (Å²) >= 11 is 0. The first kappa shape index (κ1) is 18.3. The van der Waals surface area contributed by atoms with Crippen molar-refractivity contribution in [1.29, 1.82) is 0 Å². The van der Waals surface area contributed by atoms with E-state index < -0.39 is 11.8 Å². The Morgan fingerprint density at radius 2 is 1.89 bits per heavy atom. The Bertz CT molecular complexity index is 915. The van der Waals surface area contributed by atoms with Gasteiger partial charge in [0.25, 0.3) is 0 Å². The van der Waals surface area contributed by atoms with Crippen LogP contribution in [0.15, 0.2) is 73.3 Å². The highest BCUT2D eigenvalue weighted by Gasteiger charge is 2.06. The maximum absolute atomic E-state index is 14.1. The molecule has 5 nitrogen and oxygen atoms in total. The van der Waals surface area contributed by atoms with Crippen molar-refractivity contribution in [3.05, 3.63) is 90.3 Å². The normalized spacial score (nSPS) is 10.7. The Hall–Kier alpha value is -3.54. The van der Waals surface area contributed by atoms with Crippen molar-refractivity contribution in [2.24, 2.45) is 0 Å². The molecule has 0 aliphatic carbocycles. The van der Waals surface area contributed by atoms with Gasteiger partial charge in [-0.3, -0.25) is 9.97 Å². The number of hydrogen-bond donors (Lipinski definition) is 0. The van der Waals surface area contributed by atoms with E-state index in [1.54, 1.807) is 36.8 Å². The number of hydrogen-bond acceptors (Lipinski definition) is 5. The maximum Gasteiger partial charge on any atom is 0.330 e. The number of halogens is 1. The molecule has 136 valence electrons. The second-order valence-corrected chi connectivity index (χ2v) is 5.59. The molecule has 0 unspecified atom stereocenters. The van der Waals surface area contributed by atoms with Crippen LogP contribution < -0.4 is 4.74 Å². The molecular weight excluding hydrogens is 347 g/mol. The molecular formula is C21H17FN2O3. The zero-order valence-electron chi connectivity index (χ0n) is 14.4. The van der Waals surface area contributed by atoms with Crippen LogP contribution in [-0.4, -0.2) is 22.5 Å². The van der Waals surface area contributed by atoms with E-state index in [2.05, 4.69) is 9.97 Å². The van der Waals surface area contributed by atoms with Crippen molar-refractivity contribution in [2.75, 3.05) is 6.61 Å². The fourth-order valence-corrected chi connectivity index (χ4v) is 2.27. The largest absolute Gasteiger partial charge is 0.462 e. The molecule has 0 saturated heterocycles. The molecule has 3 rings (SSSR count). The quantitative estimate of drug-likeness (QED) is 0.464. The predicted molar refractivity (Wildman–Crippen MR) is 98.6 cm³/mol. The maximum atomic E-state index is 14.1. The van der Waals surface area contributed by atoms with Gasteiger partial charge >= 0.3 is 5.97 Å². The Morgan fingerprint density at radius 1 is 1.07 bits per heavy atom. The zero-order valence-corrected chi connectivity index (χ0v) is 14.4. The third kappa shape index (κ3) is 5.74. The summed E-state index contributed by atoms with van der Waals surface area (Å²) in [6.45, 7) is 0.251.